The van der Waals surface area contributed by atoms with Crippen LogP contribution in [-0.4, -0.2) is 34.6 Å². The molecule has 0 atom stereocenters. The molecule has 1 rings (SSSR count). The van der Waals surface area contributed by atoms with Crippen LogP contribution in [0, 0.1) is 5.41 Å². The largest absolute Gasteiger partial charge is 0.465 e. The lowest BCUT2D eigenvalue weighted by molar-refractivity contribution is 0.322. The SMILES string of the molecule is CSc1nc[nH]c1CSCCOC(=N)N. The monoisotopic (exact) mass is 246 g/mol. The lowest BCUT2D eigenvalue weighted by Crippen LogP contribution is -2.15. The van der Waals surface area contributed by atoms with Crippen LogP contribution in [0.3, 0.4) is 0 Å². The van der Waals surface area contributed by atoms with Gasteiger partial charge in [-0.15, -0.1) is 11.8 Å². The second kappa shape index (κ2) is 6.62. The van der Waals surface area contributed by atoms with E-state index in [-0.39, 0.29) is 6.02 Å². The van der Waals surface area contributed by atoms with Crippen molar-refractivity contribution in [1.29, 1.82) is 5.41 Å². The first-order valence-electron chi connectivity index (χ1n) is 4.35. The van der Waals surface area contributed by atoms with Gasteiger partial charge in [0, 0.05) is 11.5 Å². The molecule has 0 saturated carbocycles. The molecule has 0 spiro atoms. The summed E-state index contributed by atoms with van der Waals surface area (Å²) in [6.45, 7) is 0.475. The zero-order valence-corrected chi connectivity index (χ0v) is 10.1. The third-order valence-corrected chi connectivity index (χ3v) is 3.29. The molecule has 1 aromatic heterocycles. The molecule has 0 aliphatic carbocycles. The summed E-state index contributed by atoms with van der Waals surface area (Å²) >= 11 is 3.35. The van der Waals surface area contributed by atoms with Gasteiger partial charge in [-0.05, 0) is 6.26 Å². The highest BCUT2D eigenvalue weighted by Crippen LogP contribution is 2.20. The standard InChI is InChI=1S/C8H14N4OS2/c1-14-7-6(11-5-12-7)4-15-3-2-13-8(9)10/h5H,2-4H2,1H3,(H3,9,10)(H,11,12). The van der Waals surface area contributed by atoms with Crippen LogP contribution < -0.4 is 5.73 Å². The van der Waals surface area contributed by atoms with Crippen molar-refractivity contribution in [3.05, 3.63) is 12.0 Å². The van der Waals surface area contributed by atoms with Crippen LogP contribution in [0.5, 0.6) is 0 Å². The van der Waals surface area contributed by atoms with E-state index in [2.05, 4.69) is 9.97 Å². The Morgan fingerprint density at radius 3 is 3.20 bits per heavy atom. The molecular weight excluding hydrogens is 232 g/mol. The average Bonchev–Trinajstić information content (AvgIpc) is 2.64. The maximum Gasteiger partial charge on any atom is 0.279 e. The van der Waals surface area contributed by atoms with Crippen molar-refractivity contribution in [3.63, 3.8) is 0 Å². The van der Waals surface area contributed by atoms with E-state index in [0.717, 1.165) is 22.2 Å². The number of imidazole rings is 1. The predicted molar refractivity (Wildman–Crippen MR) is 64.4 cm³/mol. The fraction of sp³-hybridized carbons (Fsp3) is 0.500. The van der Waals surface area contributed by atoms with E-state index < -0.39 is 0 Å². The van der Waals surface area contributed by atoms with Gasteiger partial charge in [-0.3, -0.25) is 5.41 Å². The number of rotatable bonds is 6. The summed E-state index contributed by atoms with van der Waals surface area (Å²) in [5.74, 6) is 1.68. The molecule has 0 saturated heterocycles. The van der Waals surface area contributed by atoms with Gasteiger partial charge in [0.25, 0.3) is 6.02 Å². The molecule has 0 aromatic carbocycles. The van der Waals surface area contributed by atoms with Gasteiger partial charge in [0.05, 0.1) is 12.0 Å². The highest BCUT2D eigenvalue weighted by molar-refractivity contribution is 7.99. The van der Waals surface area contributed by atoms with Crippen molar-refractivity contribution >= 4 is 29.5 Å². The van der Waals surface area contributed by atoms with E-state index in [1.165, 1.54) is 0 Å². The zero-order valence-electron chi connectivity index (χ0n) is 8.45. The van der Waals surface area contributed by atoms with Crippen LogP contribution in [0.4, 0.5) is 0 Å². The normalized spacial score (nSPS) is 10.2. The van der Waals surface area contributed by atoms with Crippen molar-refractivity contribution in [2.75, 3.05) is 18.6 Å². The third-order valence-electron chi connectivity index (χ3n) is 1.60. The summed E-state index contributed by atoms with van der Waals surface area (Å²) in [6, 6.07) is -0.220. The quantitative estimate of drug-likeness (QED) is 0.304. The number of ether oxygens (including phenoxy) is 1. The van der Waals surface area contributed by atoms with Gasteiger partial charge >= 0.3 is 0 Å². The number of aromatic nitrogens is 2. The Kier molecular flexibility index (Phi) is 5.41. The van der Waals surface area contributed by atoms with Gasteiger partial charge in [0.1, 0.15) is 11.6 Å². The number of nitrogens with two attached hydrogens (primary N) is 1. The smallest absolute Gasteiger partial charge is 0.279 e. The lowest BCUT2D eigenvalue weighted by atomic mass is 10.6. The topological polar surface area (TPSA) is 87.8 Å². The van der Waals surface area contributed by atoms with Crippen LogP contribution in [0.25, 0.3) is 0 Å². The maximum atomic E-state index is 6.86. The average molecular weight is 246 g/mol. The molecule has 5 nitrogen and oxygen atoms in total. The van der Waals surface area contributed by atoms with Gasteiger partial charge < -0.3 is 15.5 Å². The van der Waals surface area contributed by atoms with Gasteiger partial charge in [-0.1, -0.05) is 0 Å². The molecule has 7 heteroatoms. The first-order chi connectivity index (χ1) is 7.24. The first-order valence-corrected chi connectivity index (χ1v) is 6.72. The molecule has 0 aliphatic heterocycles. The Hall–Kier alpha value is -0.820. The van der Waals surface area contributed by atoms with Crippen LogP contribution >= 0.6 is 23.5 Å². The van der Waals surface area contributed by atoms with E-state index >= 15 is 0 Å². The van der Waals surface area contributed by atoms with E-state index in [4.69, 9.17) is 15.9 Å². The highest BCUT2D eigenvalue weighted by atomic mass is 32.2. The second-order valence-corrected chi connectivity index (χ2v) is 4.56. The number of H-pyrrole nitrogens is 1. The number of thioether (sulfide) groups is 2. The van der Waals surface area contributed by atoms with E-state index in [0.29, 0.717) is 6.61 Å². The van der Waals surface area contributed by atoms with Gasteiger partial charge in [0.2, 0.25) is 0 Å². The number of amidine groups is 1. The molecule has 84 valence electrons. The maximum absolute atomic E-state index is 6.86. The Morgan fingerprint density at radius 2 is 2.53 bits per heavy atom. The van der Waals surface area contributed by atoms with Gasteiger partial charge in [0.15, 0.2) is 0 Å². The molecule has 0 radical (unpaired) electrons. The number of hydrogen-bond acceptors (Lipinski definition) is 5. The lowest BCUT2D eigenvalue weighted by Gasteiger charge is -2.03. The molecule has 1 heterocycles. The van der Waals surface area contributed by atoms with Gasteiger partial charge in [-0.2, -0.15) is 11.8 Å². The molecular formula is C8H14N4OS2. The molecule has 4 N–H and O–H groups in total. The first kappa shape index (κ1) is 12.3. The minimum atomic E-state index is -0.220. The van der Waals surface area contributed by atoms with Gasteiger partial charge in [-0.25, -0.2) is 4.98 Å². The number of aromatic amines is 1. The molecule has 0 bridgehead atoms. The molecule has 1 aromatic rings. The highest BCUT2D eigenvalue weighted by Gasteiger charge is 2.03. The Morgan fingerprint density at radius 1 is 1.73 bits per heavy atom. The van der Waals surface area contributed by atoms with E-state index in [1.54, 1.807) is 29.9 Å². The predicted octanol–water partition coefficient (Wildman–Crippen LogP) is 1.27. The molecule has 0 aliphatic rings. The third kappa shape index (κ3) is 4.48. The van der Waals surface area contributed by atoms with Crippen molar-refractivity contribution in [2.24, 2.45) is 5.73 Å². The second-order valence-electron chi connectivity index (χ2n) is 2.66. The Balaban J connectivity index is 2.17. The molecule has 0 fully saturated rings. The minimum absolute atomic E-state index is 0.220. The molecule has 15 heavy (non-hydrogen) atoms. The Bertz CT molecular complexity index is 315. The summed E-state index contributed by atoms with van der Waals surface area (Å²) in [5, 5.41) is 7.90. The van der Waals surface area contributed by atoms with Crippen LogP contribution in [0.1, 0.15) is 5.69 Å². The fourth-order valence-corrected chi connectivity index (χ4v) is 2.37. The summed E-state index contributed by atoms with van der Waals surface area (Å²) in [5.41, 5.74) is 6.18. The van der Waals surface area contributed by atoms with Crippen molar-refractivity contribution in [2.45, 2.75) is 10.8 Å². The number of nitrogens with zero attached hydrogens (tertiary/aromatic N) is 1. The zero-order chi connectivity index (χ0) is 11.1. The van der Waals surface area contributed by atoms with E-state index in [1.807, 2.05) is 6.26 Å². The molecule has 0 unspecified atom stereocenters. The number of nitrogens with one attached hydrogen (secondary N) is 2. The summed E-state index contributed by atoms with van der Waals surface area (Å²) in [6.07, 6.45) is 3.71. The van der Waals surface area contributed by atoms with Crippen molar-refractivity contribution in [1.82, 2.24) is 9.97 Å². The minimum Gasteiger partial charge on any atom is -0.465 e. The van der Waals surface area contributed by atoms with Crippen molar-refractivity contribution < 1.29 is 4.74 Å². The molecule has 0 amide bonds. The van der Waals surface area contributed by atoms with E-state index in [9.17, 15) is 0 Å². The van der Waals surface area contributed by atoms with Crippen LogP contribution in [-0.2, 0) is 10.5 Å². The van der Waals surface area contributed by atoms with Crippen LogP contribution in [0.15, 0.2) is 11.4 Å². The number of hydrogen-bond donors (Lipinski definition) is 3. The van der Waals surface area contributed by atoms with Crippen LogP contribution in [0.2, 0.25) is 0 Å². The summed E-state index contributed by atoms with van der Waals surface area (Å²) < 4.78 is 4.83. The Labute approximate surface area is 97.1 Å². The fourth-order valence-electron chi connectivity index (χ4n) is 0.973. The summed E-state index contributed by atoms with van der Waals surface area (Å²) in [4.78, 5) is 7.27. The summed E-state index contributed by atoms with van der Waals surface area (Å²) in [7, 11) is 0. The van der Waals surface area contributed by atoms with Crippen molar-refractivity contribution in [3.8, 4) is 0 Å².